The zero-order chi connectivity index (χ0) is 17.2. The van der Waals surface area contributed by atoms with Crippen molar-refractivity contribution in [1.29, 1.82) is 0 Å². The first kappa shape index (κ1) is 15.8. The normalized spacial score (nSPS) is 11.5. The summed E-state index contributed by atoms with van der Waals surface area (Å²) in [6, 6.07) is 8.42. The molecule has 0 aliphatic heterocycles. The molecule has 6 nitrogen and oxygen atoms in total. The molecule has 124 valence electrons. The van der Waals surface area contributed by atoms with Gasteiger partial charge in [-0.25, -0.2) is 4.68 Å². The highest BCUT2D eigenvalue weighted by atomic mass is 19.4. The second-order valence-electron chi connectivity index (χ2n) is 4.97. The number of halogens is 3. The summed E-state index contributed by atoms with van der Waals surface area (Å²) in [5.41, 5.74) is 5.44. The number of nitrogens with one attached hydrogen (secondary N) is 1. The first-order valence-electron chi connectivity index (χ1n) is 6.96. The third kappa shape index (κ3) is 3.62. The van der Waals surface area contributed by atoms with Gasteiger partial charge in [-0.1, -0.05) is 12.1 Å². The summed E-state index contributed by atoms with van der Waals surface area (Å²) in [5.74, 6) is 0.888. The number of hydrogen-bond acceptors (Lipinski definition) is 5. The van der Waals surface area contributed by atoms with Gasteiger partial charge in [0.15, 0.2) is 5.82 Å². The van der Waals surface area contributed by atoms with Crippen LogP contribution in [0.2, 0.25) is 0 Å². The van der Waals surface area contributed by atoms with E-state index < -0.39 is 11.7 Å². The van der Waals surface area contributed by atoms with Gasteiger partial charge in [-0.2, -0.15) is 28.2 Å². The molecule has 0 unspecified atom stereocenters. The van der Waals surface area contributed by atoms with Crippen molar-refractivity contribution in [1.82, 2.24) is 19.7 Å². The number of alkyl halides is 3. The molecule has 0 spiro atoms. The van der Waals surface area contributed by atoms with Crippen LogP contribution in [0.1, 0.15) is 11.1 Å². The molecule has 2 aromatic heterocycles. The fourth-order valence-corrected chi connectivity index (χ4v) is 2.12. The summed E-state index contributed by atoms with van der Waals surface area (Å²) in [7, 11) is 0. The maximum atomic E-state index is 12.7. The van der Waals surface area contributed by atoms with E-state index in [1.54, 1.807) is 30.6 Å². The van der Waals surface area contributed by atoms with E-state index in [0.717, 1.165) is 12.1 Å². The highest BCUT2D eigenvalue weighted by molar-refractivity contribution is 5.46. The molecule has 0 saturated heterocycles. The van der Waals surface area contributed by atoms with Gasteiger partial charge in [-0.3, -0.25) is 0 Å². The number of hydrogen-bond donors (Lipinski definition) is 2. The lowest BCUT2D eigenvalue weighted by Gasteiger charge is -2.11. The van der Waals surface area contributed by atoms with Gasteiger partial charge in [-0.15, -0.1) is 0 Å². The van der Waals surface area contributed by atoms with E-state index in [1.165, 1.54) is 10.7 Å². The van der Waals surface area contributed by atoms with Crippen LogP contribution in [-0.4, -0.2) is 19.7 Å². The standard InChI is InChI=1S/C15H13F3N6/c16-15(17,18)11-4-1-3-10(7-11)9-20-12-8-13(23-14(19)22-12)24-6-2-5-21-24/h1-8H,9H2,(H3,19,20,22,23). The Morgan fingerprint density at radius 2 is 1.96 bits per heavy atom. The van der Waals surface area contributed by atoms with Crippen LogP contribution in [0.15, 0.2) is 48.8 Å². The van der Waals surface area contributed by atoms with Crippen LogP contribution in [0.5, 0.6) is 0 Å². The Balaban J connectivity index is 1.78. The SMILES string of the molecule is Nc1nc(NCc2cccc(C(F)(F)F)c2)cc(-n2cccn2)n1. The maximum absolute atomic E-state index is 12.7. The number of nitrogens with zero attached hydrogens (tertiary/aromatic N) is 4. The second kappa shape index (κ2) is 6.19. The minimum atomic E-state index is -4.37. The smallest absolute Gasteiger partial charge is 0.368 e. The monoisotopic (exact) mass is 334 g/mol. The van der Waals surface area contributed by atoms with E-state index in [4.69, 9.17) is 5.73 Å². The van der Waals surface area contributed by atoms with Crippen LogP contribution in [-0.2, 0) is 12.7 Å². The lowest BCUT2D eigenvalue weighted by atomic mass is 10.1. The van der Waals surface area contributed by atoms with Gasteiger partial charge in [0.1, 0.15) is 5.82 Å². The molecule has 1 aromatic carbocycles. The Bertz CT molecular complexity index is 829. The molecular formula is C15H13F3N6. The third-order valence-corrected chi connectivity index (χ3v) is 3.20. The van der Waals surface area contributed by atoms with Crippen LogP contribution in [0.4, 0.5) is 24.9 Å². The Morgan fingerprint density at radius 1 is 1.12 bits per heavy atom. The predicted molar refractivity (Wildman–Crippen MR) is 82.3 cm³/mol. The summed E-state index contributed by atoms with van der Waals surface area (Å²) >= 11 is 0. The largest absolute Gasteiger partial charge is 0.416 e. The van der Waals surface area contributed by atoms with Gasteiger partial charge < -0.3 is 11.1 Å². The van der Waals surface area contributed by atoms with Gasteiger partial charge in [0, 0.05) is 25.0 Å². The lowest BCUT2D eigenvalue weighted by Crippen LogP contribution is -2.09. The van der Waals surface area contributed by atoms with Crippen LogP contribution in [0.3, 0.4) is 0 Å². The molecule has 3 rings (SSSR count). The van der Waals surface area contributed by atoms with E-state index in [-0.39, 0.29) is 12.5 Å². The van der Waals surface area contributed by atoms with E-state index >= 15 is 0 Å². The Labute approximate surface area is 135 Å². The molecule has 0 amide bonds. The molecule has 0 aliphatic rings. The summed E-state index contributed by atoms with van der Waals surface area (Å²) in [6.07, 6.45) is -1.09. The molecular weight excluding hydrogens is 321 g/mol. The van der Waals surface area contributed by atoms with Crippen LogP contribution in [0.25, 0.3) is 5.82 Å². The van der Waals surface area contributed by atoms with Crippen LogP contribution >= 0.6 is 0 Å². The molecule has 0 saturated carbocycles. The Hall–Kier alpha value is -3.10. The van der Waals surface area contributed by atoms with Crippen molar-refractivity contribution in [2.24, 2.45) is 0 Å². The number of nitrogen functional groups attached to an aromatic ring is 1. The van der Waals surface area contributed by atoms with Crippen molar-refractivity contribution in [2.45, 2.75) is 12.7 Å². The molecule has 0 aliphatic carbocycles. The number of rotatable bonds is 4. The molecule has 0 radical (unpaired) electrons. The van der Waals surface area contributed by atoms with Crippen molar-refractivity contribution in [3.05, 3.63) is 59.9 Å². The first-order valence-corrected chi connectivity index (χ1v) is 6.96. The number of aromatic nitrogens is 4. The minimum absolute atomic E-state index is 0.0366. The fraction of sp³-hybridized carbons (Fsp3) is 0.133. The van der Waals surface area contributed by atoms with E-state index in [0.29, 0.717) is 17.2 Å². The van der Waals surface area contributed by atoms with Gasteiger partial charge in [-0.05, 0) is 23.8 Å². The summed E-state index contributed by atoms with van der Waals surface area (Å²) in [6.45, 7) is 0.166. The summed E-state index contributed by atoms with van der Waals surface area (Å²) in [5, 5.41) is 6.99. The predicted octanol–water partition coefficient (Wildman–Crippen LogP) is 2.88. The quantitative estimate of drug-likeness (QED) is 0.767. The molecule has 9 heteroatoms. The van der Waals surface area contributed by atoms with Gasteiger partial charge in [0.25, 0.3) is 0 Å². The van der Waals surface area contributed by atoms with Crippen molar-refractivity contribution in [3.63, 3.8) is 0 Å². The fourth-order valence-electron chi connectivity index (χ4n) is 2.12. The van der Waals surface area contributed by atoms with Gasteiger partial charge >= 0.3 is 6.18 Å². The third-order valence-electron chi connectivity index (χ3n) is 3.20. The Morgan fingerprint density at radius 3 is 2.67 bits per heavy atom. The van der Waals surface area contributed by atoms with Crippen LogP contribution in [0, 0.1) is 0 Å². The average Bonchev–Trinajstić information content (AvgIpc) is 3.06. The average molecular weight is 334 g/mol. The second-order valence-corrected chi connectivity index (χ2v) is 4.97. The lowest BCUT2D eigenvalue weighted by molar-refractivity contribution is -0.137. The summed E-state index contributed by atoms with van der Waals surface area (Å²) in [4.78, 5) is 8.08. The van der Waals surface area contributed by atoms with Crippen molar-refractivity contribution < 1.29 is 13.2 Å². The minimum Gasteiger partial charge on any atom is -0.368 e. The molecule has 24 heavy (non-hydrogen) atoms. The molecule has 0 atom stereocenters. The highest BCUT2D eigenvalue weighted by Gasteiger charge is 2.30. The van der Waals surface area contributed by atoms with Crippen molar-refractivity contribution >= 4 is 11.8 Å². The van der Waals surface area contributed by atoms with Gasteiger partial charge in [0.2, 0.25) is 5.95 Å². The van der Waals surface area contributed by atoms with Crippen LogP contribution < -0.4 is 11.1 Å². The van der Waals surface area contributed by atoms with E-state index in [9.17, 15) is 13.2 Å². The molecule has 2 heterocycles. The number of benzene rings is 1. The van der Waals surface area contributed by atoms with Crippen molar-refractivity contribution in [3.8, 4) is 5.82 Å². The van der Waals surface area contributed by atoms with E-state index in [2.05, 4.69) is 20.4 Å². The number of anilines is 2. The topological polar surface area (TPSA) is 81.6 Å². The Kier molecular flexibility index (Phi) is 4.07. The first-order chi connectivity index (χ1) is 11.4. The van der Waals surface area contributed by atoms with Crippen molar-refractivity contribution in [2.75, 3.05) is 11.1 Å². The zero-order valence-electron chi connectivity index (χ0n) is 12.3. The zero-order valence-corrected chi connectivity index (χ0v) is 12.3. The number of nitrogens with two attached hydrogens (primary N) is 1. The molecule has 0 bridgehead atoms. The van der Waals surface area contributed by atoms with E-state index in [1.807, 2.05) is 0 Å². The molecule has 3 N–H and O–H groups in total. The van der Waals surface area contributed by atoms with Gasteiger partial charge in [0.05, 0.1) is 5.56 Å². The maximum Gasteiger partial charge on any atom is 0.416 e. The highest BCUT2D eigenvalue weighted by Crippen LogP contribution is 2.29. The summed E-state index contributed by atoms with van der Waals surface area (Å²) < 4.78 is 39.7. The molecule has 3 aromatic rings. The molecule has 0 fully saturated rings.